The smallest absolute Gasteiger partial charge is 0.303 e. The number of carbonyl (C=O) groups is 2. The second-order valence-corrected chi connectivity index (χ2v) is 3.95. The summed E-state index contributed by atoms with van der Waals surface area (Å²) in [6.45, 7) is 2.38. The molecule has 0 aromatic carbocycles. The van der Waals surface area contributed by atoms with Crippen LogP contribution >= 0.6 is 0 Å². The van der Waals surface area contributed by atoms with Crippen LogP contribution in [0.15, 0.2) is 0 Å². The molecule has 0 aliphatic heterocycles. The molecule has 0 atom stereocenters. The van der Waals surface area contributed by atoms with E-state index in [-0.39, 0.29) is 18.6 Å². The van der Waals surface area contributed by atoms with Crippen molar-refractivity contribution < 1.29 is 19.4 Å². The van der Waals surface area contributed by atoms with E-state index < -0.39 is 11.6 Å². The molecule has 0 spiro atoms. The van der Waals surface area contributed by atoms with Crippen LogP contribution in [0.2, 0.25) is 0 Å². The minimum Gasteiger partial charge on any atom is -0.481 e. The van der Waals surface area contributed by atoms with Crippen molar-refractivity contribution in [2.24, 2.45) is 0 Å². The van der Waals surface area contributed by atoms with Gasteiger partial charge in [0.25, 0.3) is 0 Å². The first kappa shape index (κ1) is 12.2. The van der Waals surface area contributed by atoms with Crippen molar-refractivity contribution >= 4 is 11.8 Å². The minimum absolute atomic E-state index is 0.0377. The van der Waals surface area contributed by atoms with Crippen LogP contribution in [0.25, 0.3) is 0 Å². The fourth-order valence-corrected chi connectivity index (χ4v) is 2.17. The second kappa shape index (κ2) is 5.26. The van der Waals surface area contributed by atoms with Gasteiger partial charge in [0.1, 0.15) is 5.60 Å². The molecule has 1 fully saturated rings. The van der Waals surface area contributed by atoms with E-state index in [0.717, 1.165) is 25.7 Å². The number of Topliss-reactive ketones (excluding diaryl/α,β-unsaturated/α-hetero) is 1. The lowest BCUT2D eigenvalue weighted by atomic mass is 9.93. The molecule has 0 radical (unpaired) electrons. The summed E-state index contributed by atoms with van der Waals surface area (Å²) in [7, 11) is 0. The second-order valence-electron chi connectivity index (χ2n) is 3.95. The van der Waals surface area contributed by atoms with Gasteiger partial charge in [0, 0.05) is 13.0 Å². The van der Waals surface area contributed by atoms with Gasteiger partial charge in [-0.2, -0.15) is 0 Å². The number of hydrogen-bond acceptors (Lipinski definition) is 3. The third-order valence-electron chi connectivity index (χ3n) is 2.91. The van der Waals surface area contributed by atoms with Gasteiger partial charge in [-0.15, -0.1) is 0 Å². The van der Waals surface area contributed by atoms with Gasteiger partial charge in [0.15, 0.2) is 5.78 Å². The Morgan fingerprint density at radius 1 is 1.27 bits per heavy atom. The summed E-state index contributed by atoms with van der Waals surface area (Å²) in [5.74, 6) is -0.961. The van der Waals surface area contributed by atoms with E-state index in [1.807, 2.05) is 6.92 Å². The van der Waals surface area contributed by atoms with Crippen LogP contribution in [-0.2, 0) is 14.3 Å². The Balaban J connectivity index is 2.55. The van der Waals surface area contributed by atoms with Crippen molar-refractivity contribution in [3.63, 3.8) is 0 Å². The van der Waals surface area contributed by atoms with Gasteiger partial charge in [0.05, 0.1) is 6.42 Å². The zero-order valence-corrected chi connectivity index (χ0v) is 9.12. The van der Waals surface area contributed by atoms with Crippen molar-refractivity contribution in [1.29, 1.82) is 0 Å². The molecular weight excluding hydrogens is 196 g/mol. The van der Waals surface area contributed by atoms with E-state index >= 15 is 0 Å². The number of rotatable bonds is 6. The molecule has 0 bridgehead atoms. The molecule has 4 heteroatoms. The first-order chi connectivity index (χ1) is 7.10. The van der Waals surface area contributed by atoms with E-state index in [1.165, 1.54) is 0 Å². The van der Waals surface area contributed by atoms with Crippen LogP contribution in [-0.4, -0.2) is 29.1 Å². The number of carboxylic acids is 1. The third-order valence-corrected chi connectivity index (χ3v) is 2.91. The molecule has 4 nitrogen and oxygen atoms in total. The van der Waals surface area contributed by atoms with Gasteiger partial charge in [0.2, 0.25) is 0 Å². The maximum atomic E-state index is 11.9. The number of ether oxygens (including phenoxy) is 1. The topological polar surface area (TPSA) is 63.6 Å². The predicted molar refractivity (Wildman–Crippen MR) is 54.7 cm³/mol. The highest BCUT2D eigenvalue weighted by atomic mass is 16.5. The quantitative estimate of drug-likeness (QED) is 0.731. The fraction of sp³-hybridized carbons (Fsp3) is 0.818. The van der Waals surface area contributed by atoms with E-state index in [4.69, 9.17) is 9.84 Å². The zero-order valence-electron chi connectivity index (χ0n) is 9.12. The van der Waals surface area contributed by atoms with Crippen LogP contribution in [0, 0.1) is 0 Å². The van der Waals surface area contributed by atoms with Crippen LogP contribution < -0.4 is 0 Å². The average molecular weight is 214 g/mol. The Kier molecular flexibility index (Phi) is 4.27. The Bertz CT molecular complexity index is 241. The minimum atomic E-state index is -0.923. The lowest BCUT2D eigenvalue weighted by molar-refractivity contribution is -0.147. The Morgan fingerprint density at radius 3 is 2.33 bits per heavy atom. The highest BCUT2D eigenvalue weighted by Gasteiger charge is 2.41. The molecule has 0 saturated heterocycles. The first-order valence-corrected chi connectivity index (χ1v) is 5.50. The van der Waals surface area contributed by atoms with Gasteiger partial charge < -0.3 is 9.84 Å². The summed E-state index contributed by atoms with van der Waals surface area (Å²) in [5.41, 5.74) is -0.662. The predicted octanol–water partition coefficient (Wildman–Crippen LogP) is 1.77. The first-order valence-electron chi connectivity index (χ1n) is 5.50. The van der Waals surface area contributed by atoms with Crippen LogP contribution in [0.3, 0.4) is 0 Å². The van der Waals surface area contributed by atoms with Gasteiger partial charge in [-0.25, -0.2) is 0 Å². The molecule has 0 amide bonds. The molecule has 0 aromatic rings. The van der Waals surface area contributed by atoms with Gasteiger partial charge >= 0.3 is 5.97 Å². The summed E-state index contributed by atoms with van der Waals surface area (Å²) in [6.07, 6.45) is 3.50. The summed E-state index contributed by atoms with van der Waals surface area (Å²) < 4.78 is 5.54. The maximum Gasteiger partial charge on any atom is 0.303 e. The molecule has 0 heterocycles. The van der Waals surface area contributed by atoms with Crippen molar-refractivity contribution in [3.05, 3.63) is 0 Å². The summed E-state index contributed by atoms with van der Waals surface area (Å²) in [6, 6.07) is 0. The molecule has 15 heavy (non-hydrogen) atoms. The number of aliphatic carboxylic acids is 1. The van der Waals surface area contributed by atoms with Crippen LogP contribution in [0.1, 0.15) is 45.4 Å². The number of ketones is 1. The number of carbonyl (C=O) groups excluding carboxylic acids is 1. The standard InChI is InChI=1S/C11H18O4/c1-2-15-11(7-3-4-8-11)9(12)5-6-10(13)14/h2-8H2,1H3,(H,13,14). The Labute approximate surface area is 89.6 Å². The normalized spacial score (nSPS) is 19.0. The fourth-order valence-electron chi connectivity index (χ4n) is 2.17. The summed E-state index contributed by atoms with van der Waals surface area (Å²) in [4.78, 5) is 22.3. The Hall–Kier alpha value is -0.900. The molecular formula is C11H18O4. The molecule has 0 aromatic heterocycles. The lowest BCUT2D eigenvalue weighted by Gasteiger charge is -2.27. The van der Waals surface area contributed by atoms with Gasteiger partial charge in [-0.3, -0.25) is 9.59 Å². The third kappa shape index (κ3) is 3.02. The zero-order chi connectivity index (χ0) is 11.3. The number of hydrogen-bond donors (Lipinski definition) is 1. The van der Waals surface area contributed by atoms with E-state index in [1.54, 1.807) is 0 Å². The van der Waals surface area contributed by atoms with E-state index in [0.29, 0.717) is 6.61 Å². The van der Waals surface area contributed by atoms with Crippen molar-refractivity contribution in [2.45, 2.75) is 51.0 Å². The van der Waals surface area contributed by atoms with Crippen molar-refractivity contribution in [2.75, 3.05) is 6.61 Å². The Morgan fingerprint density at radius 2 is 1.87 bits per heavy atom. The molecule has 1 aliphatic carbocycles. The summed E-state index contributed by atoms with van der Waals surface area (Å²) >= 11 is 0. The molecule has 1 saturated carbocycles. The lowest BCUT2D eigenvalue weighted by Crippen LogP contribution is -2.39. The highest BCUT2D eigenvalue weighted by molar-refractivity contribution is 5.89. The van der Waals surface area contributed by atoms with Crippen LogP contribution in [0.5, 0.6) is 0 Å². The molecule has 1 rings (SSSR count). The SMILES string of the molecule is CCOC1(C(=O)CCC(=O)O)CCCC1. The van der Waals surface area contributed by atoms with Crippen LogP contribution in [0.4, 0.5) is 0 Å². The molecule has 0 unspecified atom stereocenters. The summed E-state index contributed by atoms with van der Waals surface area (Å²) in [5, 5.41) is 8.53. The molecule has 1 N–H and O–H groups in total. The van der Waals surface area contributed by atoms with Crippen molar-refractivity contribution in [3.8, 4) is 0 Å². The van der Waals surface area contributed by atoms with E-state index in [9.17, 15) is 9.59 Å². The maximum absolute atomic E-state index is 11.9. The molecule has 1 aliphatic rings. The molecule has 86 valence electrons. The average Bonchev–Trinajstić information content (AvgIpc) is 2.64. The van der Waals surface area contributed by atoms with E-state index in [2.05, 4.69) is 0 Å². The van der Waals surface area contributed by atoms with Crippen molar-refractivity contribution in [1.82, 2.24) is 0 Å². The van der Waals surface area contributed by atoms with Gasteiger partial charge in [-0.05, 0) is 32.6 Å². The monoisotopic (exact) mass is 214 g/mol. The highest BCUT2D eigenvalue weighted by Crippen LogP contribution is 2.35. The largest absolute Gasteiger partial charge is 0.481 e. The number of carboxylic acid groups (broad SMARTS) is 1. The van der Waals surface area contributed by atoms with Gasteiger partial charge in [-0.1, -0.05) is 0 Å².